The van der Waals surface area contributed by atoms with Crippen LogP contribution >= 0.6 is 0 Å². The highest BCUT2D eigenvalue weighted by atomic mass is 16.1. The van der Waals surface area contributed by atoms with Gasteiger partial charge in [-0.05, 0) is 62.4 Å². The van der Waals surface area contributed by atoms with Crippen LogP contribution in [0.25, 0.3) is 0 Å². The maximum Gasteiger partial charge on any atom is 0.161 e. The molecule has 15 heavy (non-hydrogen) atoms. The Hall–Kier alpha value is -0.590. The van der Waals surface area contributed by atoms with Gasteiger partial charge < -0.3 is 0 Å². The summed E-state index contributed by atoms with van der Waals surface area (Å²) in [6.07, 6.45) is 12.1. The van der Waals surface area contributed by atoms with E-state index in [1.165, 1.54) is 44.1 Å². The summed E-state index contributed by atoms with van der Waals surface area (Å²) in [5.74, 6) is 2.80. The van der Waals surface area contributed by atoms with Crippen LogP contribution in [-0.4, -0.2) is 5.78 Å². The van der Waals surface area contributed by atoms with Crippen molar-refractivity contribution in [2.45, 2.75) is 51.4 Å². The van der Waals surface area contributed by atoms with Crippen LogP contribution in [0.1, 0.15) is 51.4 Å². The van der Waals surface area contributed by atoms with Gasteiger partial charge in [-0.1, -0.05) is 12.5 Å². The molecule has 0 aromatic carbocycles. The summed E-state index contributed by atoms with van der Waals surface area (Å²) in [6.45, 7) is 0. The largest absolute Gasteiger partial charge is 0.294 e. The highest BCUT2D eigenvalue weighted by molar-refractivity contribution is 5.97. The number of carbonyl (C=O) groups is 1. The average Bonchev–Trinajstić information content (AvgIpc) is 2.95. The molecule has 3 rings (SSSR count). The van der Waals surface area contributed by atoms with Gasteiger partial charge in [-0.25, -0.2) is 0 Å². The monoisotopic (exact) mass is 204 g/mol. The predicted molar refractivity (Wildman–Crippen MR) is 60.5 cm³/mol. The first kappa shape index (κ1) is 9.62. The minimum Gasteiger partial charge on any atom is -0.294 e. The molecule has 2 fully saturated rings. The van der Waals surface area contributed by atoms with E-state index in [4.69, 9.17) is 0 Å². The zero-order valence-electron chi connectivity index (χ0n) is 9.37. The van der Waals surface area contributed by atoms with E-state index in [0.717, 1.165) is 24.7 Å². The molecule has 0 aromatic heterocycles. The SMILES string of the molecule is O=C(C1=CCCCCC1)C1CC2CC2C1. The molecule has 0 bridgehead atoms. The summed E-state index contributed by atoms with van der Waals surface area (Å²) >= 11 is 0. The van der Waals surface area contributed by atoms with Crippen molar-refractivity contribution in [3.8, 4) is 0 Å². The van der Waals surface area contributed by atoms with E-state index in [2.05, 4.69) is 6.08 Å². The Bertz CT molecular complexity index is 292. The standard InChI is InChI=1S/C14H20O/c15-14(10-5-3-1-2-4-6-10)13-8-11-7-12(11)9-13/h5,11-13H,1-4,6-9H2. The summed E-state index contributed by atoms with van der Waals surface area (Å²) in [5.41, 5.74) is 1.18. The number of fused-ring (bicyclic) bond motifs is 1. The quantitative estimate of drug-likeness (QED) is 0.673. The smallest absolute Gasteiger partial charge is 0.161 e. The van der Waals surface area contributed by atoms with Gasteiger partial charge in [0.2, 0.25) is 0 Å². The molecule has 1 nitrogen and oxygen atoms in total. The lowest BCUT2D eigenvalue weighted by Crippen LogP contribution is -2.15. The molecular formula is C14H20O. The fraction of sp³-hybridized carbons (Fsp3) is 0.786. The van der Waals surface area contributed by atoms with Gasteiger partial charge in [0.25, 0.3) is 0 Å². The third kappa shape index (κ3) is 1.89. The molecule has 2 unspecified atom stereocenters. The minimum atomic E-state index is 0.415. The molecule has 0 N–H and O–H groups in total. The normalized spacial score (nSPS) is 39.2. The second-order valence-electron chi connectivity index (χ2n) is 5.62. The zero-order chi connectivity index (χ0) is 10.3. The van der Waals surface area contributed by atoms with E-state index in [1.54, 1.807) is 0 Å². The van der Waals surface area contributed by atoms with Crippen molar-refractivity contribution in [1.82, 2.24) is 0 Å². The van der Waals surface area contributed by atoms with Crippen molar-refractivity contribution >= 4 is 5.78 Å². The van der Waals surface area contributed by atoms with Crippen LogP contribution in [0, 0.1) is 17.8 Å². The Morgan fingerprint density at radius 2 is 1.87 bits per heavy atom. The predicted octanol–water partition coefficient (Wildman–Crippen LogP) is 3.49. The van der Waals surface area contributed by atoms with Crippen molar-refractivity contribution in [3.63, 3.8) is 0 Å². The minimum absolute atomic E-state index is 0.415. The Labute approximate surface area is 91.9 Å². The van der Waals surface area contributed by atoms with Crippen LogP contribution in [0.15, 0.2) is 11.6 Å². The van der Waals surface area contributed by atoms with Gasteiger partial charge in [0, 0.05) is 5.92 Å². The van der Waals surface area contributed by atoms with Gasteiger partial charge in [-0.15, -0.1) is 0 Å². The lowest BCUT2D eigenvalue weighted by molar-refractivity contribution is -0.119. The molecule has 3 aliphatic rings. The molecule has 1 heteroatoms. The van der Waals surface area contributed by atoms with Crippen molar-refractivity contribution in [1.29, 1.82) is 0 Å². The van der Waals surface area contributed by atoms with E-state index >= 15 is 0 Å². The summed E-state index contributed by atoms with van der Waals surface area (Å²) in [4.78, 5) is 12.3. The first-order valence-electron chi connectivity index (χ1n) is 6.58. The number of ketones is 1. The summed E-state index contributed by atoms with van der Waals surface area (Å²) < 4.78 is 0. The van der Waals surface area contributed by atoms with Crippen LogP contribution in [-0.2, 0) is 4.79 Å². The lowest BCUT2D eigenvalue weighted by Gasteiger charge is -2.12. The topological polar surface area (TPSA) is 17.1 Å². The summed E-state index contributed by atoms with van der Waals surface area (Å²) in [5, 5.41) is 0. The third-order valence-corrected chi connectivity index (χ3v) is 4.47. The first-order chi connectivity index (χ1) is 7.34. The van der Waals surface area contributed by atoms with E-state index in [-0.39, 0.29) is 0 Å². The molecule has 0 radical (unpaired) electrons. The fourth-order valence-corrected chi connectivity index (χ4v) is 3.43. The first-order valence-corrected chi connectivity index (χ1v) is 6.58. The molecule has 0 aliphatic heterocycles. The lowest BCUT2D eigenvalue weighted by atomic mass is 9.91. The van der Waals surface area contributed by atoms with Crippen molar-refractivity contribution < 1.29 is 4.79 Å². The number of allylic oxidation sites excluding steroid dienone is 2. The van der Waals surface area contributed by atoms with Crippen LogP contribution in [0.5, 0.6) is 0 Å². The zero-order valence-corrected chi connectivity index (χ0v) is 9.37. The van der Waals surface area contributed by atoms with Crippen LogP contribution < -0.4 is 0 Å². The second-order valence-corrected chi connectivity index (χ2v) is 5.62. The molecule has 2 saturated carbocycles. The number of carbonyl (C=O) groups excluding carboxylic acids is 1. The van der Waals surface area contributed by atoms with E-state index in [9.17, 15) is 4.79 Å². The summed E-state index contributed by atoms with van der Waals surface area (Å²) in [6, 6.07) is 0. The van der Waals surface area contributed by atoms with Gasteiger partial charge in [-0.2, -0.15) is 0 Å². The van der Waals surface area contributed by atoms with Crippen molar-refractivity contribution in [2.24, 2.45) is 17.8 Å². The molecule has 0 heterocycles. The average molecular weight is 204 g/mol. The van der Waals surface area contributed by atoms with Gasteiger partial charge in [0.15, 0.2) is 5.78 Å². The highest BCUT2D eigenvalue weighted by Crippen LogP contribution is 2.55. The maximum atomic E-state index is 12.3. The number of hydrogen-bond acceptors (Lipinski definition) is 1. The van der Waals surface area contributed by atoms with Crippen molar-refractivity contribution in [3.05, 3.63) is 11.6 Å². The molecular weight excluding hydrogens is 184 g/mol. The van der Waals surface area contributed by atoms with Crippen LogP contribution in [0.4, 0.5) is 0 Å². The highest BCUT2D eigenvalue weighted by Gasteiger charge is 2.48. The second kappa shape index (κ2) is 3.77. The Morgan fingerprint density at radius 3 is 2.67 bits per heavy atom. The Kier molecular flexibility index (Phi) is 2.42. The van der Waals surface area contributed by atoms with Gasteiger partial charge in [0.1, 0.15) is 0 Å². The van der Waals surface area contributed by atoms with Crippen LogP contribution in [0.2, 0.25) is 0 Å². The Morgan fingerprint density at radius 1 is 1.07 bits per heavy atom. The third-order valence-electron chi connectivity index (χ3n) is 4.47. The Balaban J connectivity index is 1.65. The number of rotatable bonds is 2. The van der Waals surface area contributed by atoms with E-state index in [1.807, 2.05) is 0 Å². The molecule has 0 saturated heterocycles. The summed E-state index contributed by atoms with van der Waals surface area (Å²) in [7, 11) is 0. The van der Waals surface area contributed by atoms with Gasteiger partial charge >= 0.3 is 0 Å². The molecule has 82 valence electrons. The number of hydrogen-bond donors (Lipinski definition) is 0. The van der Waals surface area contributed by atoms with Crippen molar-refractivity contribution in [2.75, 3.05) is 0 Å². The van der Waals surface area contributed by atoms with Crippen LogP contribution in [0.3, 0.4) is 0 Å². The van der Waals surface area contributed by atoms with E-state index < -0.39 is 0 Å². The molecule has 2 atom stereocenters. The number of Topliss-reactive ketones (excluding diaryl/α,β-unsaturated/α-hetero) is 1. The van der Waals surface area contributed by atoms with E-state index in [0.29, 0.717) is 11.7 Å². The molecule has 3 aliphatic carbocycles. The molecule has 0 aromatic rings. The maximum absolute atomic E-state index is 12.3. The molecule has 0 spiro atoms. The fourth-order valence-electron chi connectivity index (χ4n) is 3.43. The molecule has 0 amide bonds. The van der Waals surface area contributed by atoms with Gasteiger partial charge in [0.05, 0.1) is 0 Å². The van der Waals surface area contributed by atoms with Gasteiger partial charge in [-0.3, -0.25) is 4.79 Å².